The van der Waals surface area contributed by atoms with Gasteiger partial charge in [0.05, 0.1) is 0 Å². The highest BCUT2D eigenvalue weighted by molar-refractivity contribution is 4.72. The molecule has 0 saturated carbocycles. The van der Waals surface area contributed by atoms with Crippen molar-refractivity contribution in [2.45, 2.75) is 39.2 Å². The number of hydrogen-bond donors (Lipinski definition) is 1. The van der Waals surface area contributed by atoms with Gasteiger partial charge >= 0.3 is 0 Å². The molecular formula is C10H20N. The largest absolute Gasteiger partial charge is 0.317 e. The molecule has 1 nitrogen and oxygen atoms in total. The van der Waals surface area contributed by atoms with Crippen LogP contribution in [0.25, 0.3) is 0 Å². The molecule has 1 N–H and O–H groups in total. The summed E-state index contributed by atoms with van der Waals surface area (Å²) in [5.41, 5.74) is 0. The van der Waals surface area contributed by atoms with Gasteiger partial charge in [-0.15, -0.1) is 0 Å². The van der Waals surface area contributed by atoms with Crippen LogP contribution in [0.15, 0.2) is 6.08 Å². The Hall–Kier alpha value is -0.300. The first kappa shape index (κ1) is 10.7. The van der Waals surface area contributed by atoms with E-state index in [-0.39, 0.29) is 0 Å². The molecule has 1 heteroatoms. The minimum absolute atomic E-state index is 0.569. The van der Waals surface area contributed by atoms with E-state index in [1.807, 2.05) is 7.05 Å². The van der Waals surface area contributed by atoms with Crippen molar-refractivity contribution in [3.05, 3.63) is 12.7 Å². The average molecular weight is 154 g/mol. The van der Waals surface area contributed by atoms with E-state index in [0.29, 0.717) is 12.0 Å². The number of hydrogen-bond acceptors (Lipinski definition) is 1. The van der Waals surface area contributed by atoms with Gasteiger partial charge in [0.25, 0.3) is 0 Å². The van der Waals surface area contributed by atoms with Gasteiger partial charge in [0.15, 0.2) is 0 Å². The lowest BCUT2D eigenvalue weighted by atomic mass is 10.0. The van der Waals surface area contributed by atoms with E-state index in [4.69, 9.17) is 6.58 Å². The molecule has 0 aromatic carbocycles. The van der Waals surface area contributed by atoms with E-state index in [9.17, 15) is 0 Å². The monoisotopic (exact) mass is 154 g/mol. The lowest BCUT2D eigenvalue weighted by Crippen LogP contribution is -2.20. The van der Waals surface area contributed by atoms with Crippen LogP contribution in [0.4, 0.5) is 0 Å². The Morgan fingerprint density at radius 1 is 1.36 bits per heavy atom. The molecule has 0 bridgehead atoms. The Bertz CT molecular complexity index is 99.0. The number of allylic oxidation sites excluding steroid dienone is 1. The van der Waals surface area contributed by atoms with Crippen LogP contribution in [0.3, 0.4) is 0 Å². The normalized spacial score (nSPS) is 15.9. The number of rotatable bonds is 6. The summed E-state index contributed by atoms with van der Waals surface area (Å²) in [6.45, 7) is 9.74. The lowest BCUT2D eigenvalue weighted by molar-refractivity contribution is 0.498. The predicted molar refractivity (Wildman–Crippen MR) is 50.4 cm³/mol. The van der Waals surface area contributed by atoms with Crippen molar-refractivity contribution in [1.82, 2.24) is 5.32 Å². The zero-order valence-electron chi connectivity index (χ0n) is 7.93. The van der Waals surface area contributed by atoms with Crippen molar-refractivity contribution >= 4 is 0 Å². The predicted octanol–water partition coefficient (Wildman–Crippen LogP) is 2.39. The zero-order valence-corrected chi connectivity index (χ0v) is 7.93. The van der Waals surface area contributed by atoms with Gasteiger partial charge in [-0.3, -0.25) is 0 Å². The Morgan fingerprint density at radius 2 is 2.00 bits per heavy atom. The minimum atomic E-state index is 0.569. The average Bonchev–Trinajstić information content (AvgIpc) is 2.04. The molecule has 0 aromatic rings. The summed E-state index contributed by atoms with van der Waals surface area (Å²) < 4.78 is 0. The first-order valence-corrected chi connectivity index (χ1v) is 4.43. The van der Waals surface area contributed by atoms with Gasteiger partial charge in [-0.1, -0.05) is 26.0 Å². The van der Waals surface area contributed by atoms with E-state index >= 15 is 0 Å². The Balaban J connectivity index is 3.19. The summed E-state index contributed by atoms with van der Waals surface area (Å²) in [6, 6.07) is 0.639. The third-order valence-electron chi connectivity index (χ3n) is 2.12. The fraction of sp³-hybridized carbons (Fsp3) is 0.800. The van der Waals surface area contributed by atoms with Gasteiger partial charge in [-0.25, -0.2) is 0 Å². The van der Waals surface area contributed by atoms with E-state index in [0.717, 1.165) is 0 Å². The van der Waals surface area contributed by atoms with Crippen LogP contribution in [-0.4, -0.2) is 13.1 Å². The summed E-state index contributed by atoms with van der Waals surface area (Å²) in [7, 11) is 2.00. The van der Waals surface area contributed by atoms with Crippen LogP contribution < -0.4 is 5.32 Å². The molecule has 0 aromatic heterocycles. The third kappa shape index (κ3) is 6.11. The zero-order chi connectivity index (χ0) is 8.69. The molecule has 0 amide bonds. The molecule has 0 aliphatic rings. The van der Waals surface area contributed by atoms with Crippen molar-refractivity contribution in [2.75, 3.05) is 7.05 Å². The van der Waals surface area contributed by atoms with Crippen molar-refractivity contribution in [1.29, 1.82) is 0 Å². The van der Waals surface area contributed by atoms with Gasteiger partial charge in [0.2, 0.25) is 0 Å². The summed E-state index contributed by atoms with van der Waals surface area (Å²) in [4.78, 5) is 0. The SMILES string of the molecule is [CH]=CC(C)CCCC(C)NC. The molecule has 65 valence electrons. The minimum Gasteiger partial charge on any atom is -0.317 e. The van der Waals surface area contributed by atoms with Gasteiger partial charge in [-0.05, 0) is 32.7 Å². The van der Waals surface area contributed by atoms with Gasteiger partial charge in [-0.2, -0.15) is 0 Å². The fourth-order valence-corrected chi connectivity index (χ4v) is 0.987. The van der Waals surface area contributed by atoms with Gasteiger partial charge in [0.1, 0.15) is 0 Å². The van der Waals surface area contributed by atoms with E-state index in [1.54, 1.807) is 6.08 Å². The molecule has 2 unspecified atom stereocenters. The third-order valence-corrected chi connectivity index (χ3v) is 2.12. The topological polar surface area (TPSA) is 12.0 Å². The maximum absolute atomic E-state index is 5.38. The van der Waals surface area contributed by atoms with Crippen LogP contribution in [0.2, 0.25) is 0 Å². The second-order valence-electron chi connectivity index (χ2n) is 3.29. The molecule has 0 heterocycles. The van der Waals surface area contributed by atoms with Crippen LogP contribution >= 0.6 is 0 Å². The highest BCUT2D eigenvalue weighted by Gasteiger charge is 1.99. The van der Waals surface area contributed by atoms with E-state index < -0.39 is 0 Å². The summed E-state index contributed by atoms with van der Waals surface area (Å²) in [5.74, 6) is 0.569. The maximum atomic E-state index is 5.38. The van der Waals surface area contributed by atoms with Gasteiger partial charge < -0.3 is 5.32 Å². The highest BCUT2D eigenvalue weighted by atomic mass is 14.8. The van der Waals surface area contributed by atoms with Crippen LogP contribution in [-0.2, 0) is 0 Å². The number of nitrogens with one attached hydrogen (secondary N) is 1. The summed E-state index contributed by atoms with van der Waals surface area (Å²) in [6.07, 6.45) is 5.50. The molecule has 0 rings (SSSR count). The quantitative estimate of drug-likeness (QED) is 0.619. The van der Waals surface area contributed by atoms with Crippen molar-refractivity contribution in [3.8, 4) is 0 Å². The molecule has 0 aliphatic carbocycles. The molecule has 0 fully saturated rings. The molecule has 11 heavy (non-hydrogen) atoms. The molecule has 0 saturated heterocycles. The lowest BCUT2D eigenvalue weighted by Gasteiger charge is -2.10. The highest BCUT2D eigenvalue weighted by Crippen LogP contribution is 2.09. The van der Waals surface area contributed by atoms with Crippen LogP contribution in [0.1, 0.15) is 33.1 Å². The van der Waals surface area contributed by atoms with Crippen molar-refractivity contribution < 1.29 is 0 Å². The second kappa shape index (κ2) is 6.41. The summed E-state index contributed by atoms with van der Waals surface area (Å²) in [5, 5.41) is 3.22. The molecular weight excluding hydrogens is 134 g/mol. The smallest absolute Gasteiger partial charge is 0.00357 e. The first-order chi connectivity index (χ1) is 5.20. The standard InChI is InChI=1S/C10H20N/c1-5-9(2)7-6-8-10(3)11-4/h1,5,9-11H,6-8H2,2-4H3. The summed E-state index contributed by atoms with van der Waals surface area (Å²) >= 11 is 0. The Kier molecular flexibility index (Phi) is 6.24. The van der Waals surface area contributed by atoms with Crippen molar-refractivity contribution in [2.24, 2.45) is 5.92 Å². The second-order valence-corrected chi connectivity index (χ2v) is 3.29. The van der Waals surface area contributed by atoms with Gasteiger partial charge in [0, 0.05) is 6.04 Å². The molecule has 2 atom stereocenters. The van der Waals surface area contributed by atoms with Crippen LogP contribution in [0.5, 0.6) is 0 Å². The van der Waals surface area contributed by atoms with Crippen LogP contribution in [0, 0.1) is 12.5 Å². The van der Waals surface area contributed by atoms with E-state index in [2.05, 4.69) is 19.2 Å². The molecule has 0 spiro atoms. The Labute approximate surface area is 70.9 Å². The van der Waals surface area contributed by atoms with Crippen molar-refractivity contribution in [3.63, 3.8) is 0 Å². The first-order valence-electron chi connectivity index (χ1n) is 4.43. The molecule has 1 radical (unpaired) electrons. The van der Waals surface area contributed by atoms with E-state index in [1.165, 1.54) is 19.3 Å². The maximum Gasteiger partial charge on any atom is 0.00357 e. The molecule has 0 aliphatic heterocycles. The fourth-order valence-electron chi connectivity index (χ4n) is 0.987. The Morgan fingerprint density at radius 3 is 2.45 bits per heavy atom.